The van der Waals surface area contributed by atoms with Gasteiger partial charge >= 0.3 is 0 Å². The molecule has 1 atom stereocenters. The first-order valence-electron chi connectivity index (χ1n) is 5.83. The zero-order valence-corrected chi connectivity index (χ0v) is 9.01. The summed E-state index contributed by atoms with van der Waals surface area (Å²) in [6.07, 6.45) is 7.01. The van der Waals surface area contributed by atoms with Gasteiger partial charge in [0.15, 0.2) is 0 Å². The lowest BCUT2D eigenvalue weighted by Crippen LogP contribution is -2.43. The van der Waals surface area contributed by atoms with Gasteiger partial charge in [-0.25, -0.2) is 0 Å². The van der Waals surface area contributed by atoms with Gasteiger partial charge in [0.1, 0.15) is 0 Å². The second-order valence-corrected chi connectivity index (χ2v) is 5.17. The van der Waals surface area contributed by atoms with Crippen molar-refractivity contribution in [3.8, 4) is 0 Å². The Bertz CT molecular complexity index is 162. The van der Waals surface area contributed by atoms with Gasteiger partial charge in [-0.15, -0.1) is 0 Å². The fourth-order valence-electron chi connectivity index (χ4n) is 3.00. The summed E-state index contributed by atoms with van der Waals surface area (Å²) in [5.74, 6) is 1.98. The molecule has 1 heteroatoms. The van der Waals surface area contributed by atoms with Crippen molar-refractivity contribution in [3.05, 3.63) is 0 Å². The van der Waals surface area contributed by atoms with E-state index in [1.165, 1.54) is 32.1 Å². The van der Waals surface area contributed by atoms with Crippen LogP contribution in [0.15, 0.2) is 0 Å². The van der Waals surface area contributed by atoms with E-state index in [0.29, 0.717) is 0 Å². The molecular weight excluding hydrogens is 160 g/mol. The number of ether oxygens (including phenoxy) is 1. The highest BCUT2D eigenvalue weighted by atomic mass is 16.5. The standard InChI is InChI=1S/C12H22O/c1-3-10(2)11-8-12(9-11)4-6-13-7-5-12/h10-11H,3-9H2,1-2H3. The second-order valence-electron chi connectivity index (χ2n) is 5.17. The quantitative estimate of drug-likeness (QED) is 0.637. The molecule has 0 amide bonds. The molecule has 1 unspecified atom stereocenters. The molecule has 1 saturated carbocycles. The minimum absolute atomic E-state index is 0.729. The SMILES string of the molecule is CCC(C)C1CC2(CCOCC2)C1. The zero-order valence-electron chi connectivity index (χ0n) is 9.01. The van der Waals surface area contributed by atoms with E-state index in [1.54, 1.807) is 0 Å². The third kappa shape index (κ3) is 1.76. The number of rotatable bonds is 2. The molecule has 1 heterocycles. The van der Waals surface area contributed by atoms with E-state index in [0.717, 1.165) is 30.5 Å². The van der Waals surface area contributed by atoms with Crippen LogP contribution in [0.4, 0.5) is 0 Å². The lowest BCUT2D eigenvalue weighted by atomic mass is 9.55. The maximum atomic E-state index is 5.42. The van der Waals surface area contributed by atoms with E-state index in [-0.39, 0.29) is 0 Å². The smallest absolute Gasteiger partial charge is 0.0471 e. The van der Waals surface area contributed by atoms with Crippen LogP contribution in [-0.2, 0) is 4.74 Å². The molecule has 13 heavy (non-hydrogen) atoms. The molecule has 0 bridgehead atoms. The van der Waals surface area contributed by atoms with Crippen LogP contribution in [-0.4, -0.2) is 13.2 Å². The minimum atomic E-state index is 0.729. The highest BCUT2D eigenvalue weighted by Crippen LogP contribution is 2.54. The van der Waals surface area contributed by atoms with Crippen LogP contribution < -0.4 is 0 Å². The van der Waals surface area contributed by atoms with Crippen molar-refractivity contribution in [1.29, 1.82) is 0 Å². The first-order valence-corrected chi connectivity index (χ1v) is 5.83. The van der Waals surface area contributed by atoms with E-state index < -0.39 is 0 Å². The molecule has 2 fully saturated rings. The van der Waals surface area contributed by atoms with Crippen LogP contribution in [0.5, 0.6) is 0 Å². The van der Waals surface area contributed by atoms with Gasteiger partial charge in [0.2, 0.25) is 0 Å². The van der Waals surface area contributed by atoms with Crippen molar-refractivity contribution in [2.24, 2.45) is 17.3 Å². The highest BCUT2D eigenvalue weighted by Gasteiger charge is 2.45. The average Bonchev–Trinajstić information content (AvgIpc) is 2.14. The molecule has 0 N–H and O–H groups in total. The second kappa shape index (κ2) is 3.61. The van der Waals surface area contributed by atoms with Crippen molar-refractivity contribution < 1.29 is 4.74 Å². The van der Waals surface area contributed by atoms with Gasteiger partial charge in [0, 0.05) is 13.2 Å². The van der Waals surface area contributed by atoms with Gasteiger partial charge in [-0.3, -0.25) is 0 Å². The molecule has 1 nitrogen and oxygen atoms in total. The lowest BCUT2D eigenvalue weighted by molar-refractivity contribution is -0.0727. The van der Waals surface area contributed by atoms with Gasteiger partial charge < -0.3 is 4.74 Å². The van der Waals surface area contributed by atoms with Crippen LogP contribution in [0.2, 0.25) is 0 Å². The maximum Gasteiger partial charge on any atom is 0.0471 e. The summed E-state index contributed by atoms with van der Waals surface area (Å²) in [6.45, 7) is 6.77. The van der Waals surface area contributed by atoms with E-state index in [4.69, 9.17) is 4.74 Å². The maximum absolute atomic E-state index is 5.42. The summed E-state index contributed by atoms with van der Waals surface area (Å²) < 4.78 is 5.42. The Hall–Kier alpha value is -0.0400. The van der Waals surface area contributed by atoms with E-state index >= 15 is 0 Å². The van der Waals surface area contributed by atoms with Gasteiger partial charge in [0.05, 0.1) is 0 Å². The predicted octanol–water partition coefficient (Wildman–Crippen LogP) is 3.24. The summed E-state index contributed by atoms with van der Waals surface area (Å²) >= 11 is 0. The van der Waals surface area contributed by atoms with Crippen LogP contribution in [0.25, 0.3) is 0 Å². The zero-order chi connectivity index (χ0) is 9.31. The average molecular weight is 182 g/mol. The van der Waals surface area contributed by atoms with Gasteiger partial charge in [-0.05, 0) is 42.9 Å². The molecule has 1 aliphatic heterocycles. The fraction of sp³-hybridized carbons (Fsp3) is 1.00. The first-order chi connectivity index (χ1) is 6.26. The molecular formula is C12H22O. The van der Waals surface area contributed by atoms with Gasteiger partial charge in [0.25, 0.3) is 0 Å². The van der Waals surface area contributed by atoms with Crippen LogP contribution in [0, 0.1) is 17.3 Å². The summed E-state index contributed by atoms with van der Waals surface area (Å²) in [5.41, 5.74) is 0.729. The molecule has 1 saturated heterocycles. The summed E-state index contributed by atoms with van der Waals surface area (Å²) in [5, 5.41) is 0. The Morgan fingerprint density at radius 1 is 1.31 bits per heavy atom. The van der Waals surface area contributed by atoms with Crippen molar-refractivity contribution in [2.45, 2.75) is 46.0 Å². The monoisotopic (exact) mass is 182 g/mol. The van der Waals surface area contributed by atoms with E-state index in [1.807, 2.05) is 0 Å². The van der Waals surface area contributed by atoms with Gasteiger partial charge in [-0.2, -0.15) is 0 Å². The van der Waals surface area contributed by atoms with Crippen molar-refractivity contribution >= 4 is 0 Å². The lowest BCUT2D eigenvalue weighted by Gasteiger charge is -2.52. The normalized spacial score (nSPS) is 30.0. The van der Waals surface area contributed by atoms with Crippen LogP contribution >= 0.6 is 0 Å². The number of hydrogen-bond donors (Lipinski definition) is 0. The summed E-state index contributed by atoms with van der Waals surface area (Å²) in [6, 6.07) is 0. The molecule has 2 aliphatic rings. The topological polar surface area (TPSA) is 9.23 Å². The van der Waals surface area contributed by atoms with Crippen LogP contribution in [0.3, 0.4) is 0 Å². The Morgan fingerprint density at radius 3 is 2.46 bits per heavy atom. The molecule has 1 spiro atoms. The third-order valence-electron chi connectivity index (χ3n) is 4.39. The summed E-state index contributed by atoms with van der Waals surface area (Å²) in [7, 11) is 0. The van der Waals surface area contributed by atoms with E-state index in [9.17, 15) is 0 Å². The minimum Gasteiger partial charge on any atom is -0.381 e. The largest absolute Gasteiger partial charge is 0.381 e. The Morgan fingerprint density at radius 2 is 1.92 bits per heavy atom. The molecule has 0 aromatic carbocycles. The predicted molar refractivity (Wildman–Crippen MR) is 54.7 cm³/mol. The molecule has 2 rings (SSSR count). The fourth-order valence-corrected chi connectivity index (χ4v) is 3.00. The molecule has 76 valence electrons. The third-order valence-corrected chi connectivity index (χ3v) is 4.39. The Kier molecular flexibility index (Phi) is 2.64. The molecule has 0 aromatic heterocycles. The Balaban J connectivity index is 1.81. The Labute approximate surface area is 81.9 Å². The molecule has 0 radical (unpaired) electrons. The highest BCUT2D eigenvalue weighted by molar-refractivity contribution is 4.96. The van der Waals surface area contributed by atoms with Crippen molar-refractivity contribution in [3.63, 3.8) is 0 Å². The van der Waals surface area contributed by atoms with Gasteiger partial charge in [-0.1, -0.05) is 20.3 Å². The van der Waals surface area contributed by atoms with Crippen molar-refractivity contribution in [2.75, 3.05) is 13.2 Å². The molecule has 1 aliphatic carbocycles. The summed E-state index contributed by atoms with van der Waals surface area (Å²) in [4.78, 5) is 0. The van der Waals surface area contributed by atoms with Crippen LogP contribution in [0.1, 0.15) is 46.0 Å². The van der Waals surface area contributed by atoms with E-state index in [2.05, 4.69) is 13.8 Å². The number of hydrogen-bond acceptors (Lipinski definition) is 1. The first kappa shape index (κ1) is 9.51. The van der Waals surface area contributed by atoms with Crippen molar-refractivity contribution in [1.82, 2.24) is 0 Å². The molecule has 0 aromatic rings.